The summed E-state index contributed by atoms with van der Waals surface area (Å²) in [5.41, 5.74) is 3.56. The van der Waals surface area contributed by atoms with Crippen molar-refractivity contribution in [2.24, 2.45) is 4.99 Å². The molecule has 2 N–H and O–H groups in total. The van der Waals surface area contributed by atoms with Gasteiger partial charge in [-0.15, -0.1) is 10.2 Å². The Labute approximate surface area is 189 Å². The number of hydrogen-bond donors (Lipinski definition) is 2. The van der Waals surface area contributed by atoms with Gasteiger partial charge >= 0.3 is 0 Å². The number of hydrogen-bond acceptors (Lipinski definition) is 3. The SMILES string of the molecule is CN=C(NCCCc1nnc2ccccn12)NCCC(c1ccccc1)c1ccccc1. The molecule has 6 heteroatoms. The summed E-state index contributed by atoms with van der Waals surface area (Å²) in [6.45, 7) is 1.66. The van der Waals surface area contributed by atoms with E-state index in [0.717, 1.165) is 49.8 Å². The molecule has 0 atom stereocenters. The number of benzene rings is 2. The van der Waals surface area contributed by atoms with Crippen molar-refractivity contribution < 1.29 is 0 Å². The fourth-order valence-corrected chi connectivity index (χ4v) is 3.97. The van der Waals surface area contributed by atoms with E-state index in [0.29, 0.717) is 5.92 Å². The van der Waals surface area contributed by atoms with E-state index in [4.69, 9.17) is 0 Å². The second-order valence-electron chi connectivity index (χ2n) is 7.74. The van der Waals surface area contributed by atoms with Gasteiger partial charge in [0, 0.05) is 38.7 Å². The van der Waals surface area contributed by atoms with Crippen molar-refractivity contribution in [2.45, 2.75) is 25.2 Å². The third kappa shape index (κ3) is 5.52. The number of fused-ring (bicyclic) bond motifs is 1. The van der Waals surface area contributed by atoms with Crippen LogP contribution in [0, 0.1) is 0 Å². The number of nitrogens with one attached hydrogen (secondary N) is 2. The highest BCUT2D eigenvalue weighted by Crippen LogP contribution is 2.27. The number of pyridine rings is 1. The Morgan fingerprint density at radius 2 is 1.50 bits per heavy atom. The molecule has 0 aliphatic carbocycles. The van der Waals surface area contributed by atoms with Gasteiger partial charge < -0.3 is 10.6 Å². The average molecular weight is 427 g/mol. The molecule has 32 heavy (non-hydrogen) atoms. The van der Waals surface area contributed by atoms with Crippen molar-refractivity contribution in [3.05, 3.63) is 102 Å². The first-order chi connectivity index (χ1) is 15.8. The standard InChI is InChI=1S/C26H30N6/c1-27-26(28-18-10-16-25-31-30-24-15-8-9-20-32(24)25)29-19-17-23(21-11-4-2-5-12-21)22-13-6-3-7-14-22/h2-9,11-15,20,23H,10,16-19H2,1H3,(H2,27,28,29). The number of aromatic nitrogens is 3. The molecule has 0 aliphatic rings. The van der Waals surface area contributed by atoms with E-state index in [-0.39, 0.29) is 0 Å². The lowest BCUT2D eigenvalue weighted by molar-refractivity contribution is 0.669. The molecule has 164 valence electrons. The summed E-state index contributed by atoms with van der Waals surface area (Å²) in [6, 6.07) is 27.3. The molecular formula is C26H30N6. The molecule has 2 aromatic heterocycles. The van der Waals surface area contributed by atoms with E-state index in [1.807, 2.05) is 35.8 Å². The Morgan fingerprint density at radius 3 is 2.19 bits per heavy atom. The summed E-state index contributed by atoms with van der Waals surface area (Å²) >= 11 is 0. The molecule has 0 bridgehead atoms. The lowest BCUT2D eigenvalue weighted by Crippen LogP contribution is -2.38. The molecule has 0 aliphatic heterocycles. The molecule has 2 aromatic carbocycles. The van der Waals surface area contributed by atoms with Gasteiger partial charge in [-0.25, -0.2) is 0 Å². The van der Waals surface area contributed by atoms with Crippen LogP contribution in [-0.2, 0) is 6.42 Å². The molecule has 0 spiro atoms. The van der Waals surface area contributed by atoms with Crippen LogP contribution in [0.25, 0.3) is 5.65 Å². The van der Waals surface area contributed by atoms with Crippen molar-refractivity contribution in [1.29, 1.82) is 0 Å². The summed E-state index contributed by atoms with van der Waals surface area (Å²) < 4.78 is 2.04. The quantitative estimate of drug-likeness (QED) is 0.241. The number of aryl methyl sites for hydroxylation is 1. The van der Waals surface area contributed by atoms with Crippen molar-refractivity contribution in [1.82, 2.24) is 25.2 Å². The number of guanidine groups is 1. The van der Waals surface area contributed by atoms with Gasteiger partial charge in [0.1, 0.15) is 5.82 Å². The lowest BCUT2D eigenvalue weighted by Gasteiger charge is -2.19. The van der Waals surface area contributed by atoms with Crippen LogP contribution < -0.4 is 10.6 Å². The second kappa shape index (κ2) is 11.1. The molecule has 0 saturated carbocycles. The number of aliphatic imine (C=N–C) groups is 1. The Bertz CT molecular complexity index is 1080. The first-order valence-corrected chi connectivity index (χ1v) is 11.2. The zero-order valence-corrected chi connectivity index (χ0v) is 18.5. The van der Waals surface area contributed by atoms with Crippen molar-refractivity contribution in [3.8, 4) is 0 Å². The molecule has 4 aromatic rings. The Hall–Kier alpha value is -3.67. The first kappa shape index (κ1) is 21.6. The van der Waals surface area contributed by atoms with Crippen LogP contribution in [-0.4, -0.2) is 40.7 Å². The van der Waals surface area contributed by atoms with E-state index < -0.39 is 0 Å². The minimum Gasteiger partial charge on any atom is -0.356 e. The summed E-state index contributed by atoms with van der Waals surface area (Å²) in [7, 11) is 1.81. The minimum absolute atomic E-state index is 0.351. The highest BCUT2D eigenvalue weighted by atomic mass is 15.2. The monoisotopic (exact) mass is 426 g/mol. The third-order valence-corrected chi connectivity index (χ3v) is 5.61. The molecule has 2 heterocycles. The fourth-order valence-electron chi connectivity index (χ4n) is 3.97. The maximum Gasteiger partial charge on any atom is 0.190 e. The summed E-state index contributed by atoms with van der Waals surface area (Å²) in [5.74, 6) is 2.17. The third-order valence-electron chi connectivity index (χ3n) is 5.61. The van der Waals surface area contributed by atoms with Crippen molar-refractivity contribution in [2.75, 3.05) is 20.1 Å². The topological polar surface area (TPSA) is 66.6 Å². The first-order valence-electron chi connectivity index (χ1n) is 11.2. The highest BCUT2D eigenvalue weighted by molar-refractivity contribution is 5.79. The van der Waals surface area contributed by atoms with E-state index in [9.17, 15) is 0 Å². The highest BCUT2D eigenvalue weighted by Gasteiger charge is 2.13. The molecule has 0 radical (unpaired) electrons. The van der Waals surface area contributed by atoms with Gasteiger partial charge in [0.2, 0.25) is 0 Å². The van der Waals surface area contributed by atoms with Crippen LogP contribution in [0.4, 0.5) is 0 Å². The Morgan fingerprint density at radius 1 is 0.844 bits per heavy atom. The van der Waals surface area contributed by atoms with E-state index in [1.165, 1.54) is 11.1 Å². The smallest absolute Gasteiger partial charge is 0.190 e. The minimum atomic E-state index is 0.351. The predicted molar refractivity (Wildman–Crippen MR) is 130 cm³/mol. The average Bonchev–Trinajstić information content (AvgIpc) is 3.27. The normalized spacial score (nSPS) is 11.8. The van der Waals surface area contributed by atoms with Gasteiger partial charge in [-0.3, -0.25) is 9.39 Å². The fraction of sp³-hybridized carbons (Fsp3) is 0.269. The molecule has 0 saturated heterocycles. The van der Waals surface area contributed by atoms with Crippen LogP contribution in [0.2, 0.25) is 0 Å². The molecule has 0 unspecified atom stereocenters. The maximum absolute atomic E-state index is 4.38. The van der Waals surface area contributed by atoms with Gasteiger partial charge in [-0.05, 0) is 36.1 Å². The van der Waals surface area contributed by atoms with Gasteiger partial charge in [0.05, 0.1) is 0 Å². The van der Waals surface area contributed by atoms with Crippen molar-refractivity contribution >= 4 is 11.6 Å². The lowest BCUT2D eigenvalue weighted by atomic mass is 9.88. The van der Waals surface area contributed by atoms with Crippen LogP contribution in [0.15, 0.2) is 90.1 Å². The Kier molecular flexibility index (Phi) is 7.47. The maximum atomic E-state index is 4.38. The van der Waals surface area contributed by atoms with Crippen LogP contribution >= 0.6 is 0 Å². The molecule has 0 fully saturated rings. The number of nitrogens with zero attached hydrogens (tertiary/aromatic N) is 4. The summed E-state index contributed by atoms with van der Waals surface area (Å²) in [6.07, 6.45) is 4.81. The molecule has 6 nitrogen and oxygen atoms in total. The van der Waals surface area contributed by atoms with E-state index in [1.54, 1.807) is 0 Å². The summed E-state index contributed by atoms with van der Waals surface area (Å²) in [5, 5.41) is 15.4. The Balaban J connectivity index is 1.26. The zero-order chi connectivity index (χ0) is 22.0. The van der Waals surface area contributed by atoms with Crippen LogP contribution in [0.3, 0.4) is 0 Å². The molecule has 0 amide bonds. The van der Waals surface area contributed by atoms with E-state index >= 15 is 0 Å². The summed E-state index contributed by atoms with van der Waals surface area (Å²) in [4.78, 5) is 4.38. The second-order valence-corrected chi connectivity index (χ2v) is 7.74. The van der Waals surface area contributed by atoms with Crippen LogP contribution in [0.5, 0.6) is 0 Å². The van der Waals surface area contributed by atoms with Crippen molar-refractivity contribution in [3.63, 3.8) is 0 Å². The molecular weight excluding hydrogens is 396 g/mol. The largest absolute Gasteiger partial charge is 0.356 e. The zero-order valence-electron chi connectivity index (χ0n) is 18.5. The van der Waals surface area contributed by atoms with Crippen LogP contribution in [0.1, 0.15) is 35.7 Å². The number of rotatable bonds is 9. The predicted octanol–water partition coefficient (Wildman–Crippen LogP) is 4.05. The van der Waals surface area contributed by atoms with Gasteiger partial charge in [0.25, 0.3) is 0 Å². The molecule has 4 rings (SSSR count). The van der Waals surface area contributed by atoms with Gasteiger partial charge in [0.15, 0.2) is 11.6 Å². The van der Waals surface area contributed by atoms with Gasteiger partial charge in [-0.1, -0.05) is 66.7 Å². The van der Waals surface area contributed by atoms with Gasteiger partial charge in [-0.2, -0.15) is 0 Å². The van der Waals surface area contributed by atoms with E-state index in [2.05, 4.69) is 86.5 Å².